The molecule has 0 bridgehead atoms. The number of fused-ring (bicyclic) bond motifs is 2. The Morgan fingerprint density at radius 3 is 3.00 bits per heavy atom. The number of rotatable bonds is 4. The Labute approximate surface area is 146 Å². The zero-order valence-corrected chi connectivity index (χ0v) is 14.5. The number of carbonyl (C=O) groups excluding carboxylic acids is 1. The van der Waals surface area contributed by atoms with E-state index in [1.54, 1.807) is 0 Å². The number of hydrogen-bond acceptors (Lipinski definition) is 3. The van der Waals surface area contributed by atoms with Crippen LogP contribution in [0.15, 0.2) is 42.6 Å². The molecule has 1 aromatic carbocycles. The molecule has 0 radical (unpaired) electrons. The number of nitrogens with zero attached hydrogens (tertiary/aromatic N) is 2. The van der Waals surface area contributed by atoms with Gasteiger partial charge in [-0.15, -0.1) is 0 Å². The third kappa shape index (κ3) is 2.65. The minimum atomic E-state index is -0.0969. The molecule has 0 aliphatic heterocycles. The largest absolute Gasteiger partial charge is 0.490 e. The van der Waals surface area contributed by atoms with Gasteiger partial charge in [-0.25, -0.2) is 4.98 Å². The number of ether oxygens (including phenoxy) is 1. The van der Waals surface area contributed by atoms with Crippen LogP contribution >= 0.6 is 0 Å². The molecule has 0 unspecified atom stereocenters. The number of pyridine rings is 1. The Bertz CT molecular complexity index is 945. The fourth-order valence-corrected chi connectivity index (χ4v) is 3.63. The average Bonchev–Trinajstić information content (AvgIpc) is 3.16. The van der Waals surface area contributed by atoms with Crippen molar-refractivity contribution in [2.75, 3.05) is 6.61 Å². The molecule has 5 nitrogen and oxygen atoms in total. The predicted octanol–water partition coefficient (Wildman–Crippen LogP) is 3.46. The molecule has 3 aromatic rings. The van der Waals surface area contributed by atoms with Crippen LogP contribution in [-0.2, 0) is 6.42 Å². The first-order valence-electron chi connectivity index (χ1n) is 8.68. The second-order valence-corrected chi connectivity index (χ2v) is 6.31. The minimum absolute atomic E-state index is 0.0590. The average molecular weight is 335 g/mol. The van der Waals surface area contributed by atoms with Gasteiger partial charge < -0.3 is 10.1 Å². The summed E-state index contributed by atoms with van der Waals surface area (Å²) in [6.07, 6.45) is 3.79. The van der Waals surface area contributed by atoms with E-state index in [1.165, 1.54) is 11.1 Å². The highest BCUT2D eigenvalue weighted by Gasteiger charge is 2.26. The Kier molecular flexibility index (Phi) is 3.92. The van der Waals surface area contributed by atoms with Crippen molar-refractivity contribution in [1.82, 2.24) is 14.7 Å². The molecule has 1 N–H and O–H groups in total. The summed E-state index contributed by atoms with van der Waals surface area (Å²) in [5, 5.41) is 3.18. The second-order valence-electron chi connectivity index (χ2n) is 6.31. The number of amides is 1. The number of hydrogen-bond donors (Lipinski definition) is 1. The van der Waals surface area contributed by atoms with Crippen LogP contribution in [0.2, 0.25) is 0 Å². The lowest BCUT2D eigenvalue weighted by Gasteiger charge is -2.14. The second kappa shape index (κ2) is 6.24. The molecule has 1 amide bonds. The van der Waals surface area contributed by atoms with Gasteiger partial charge in [-0.3, -0.25) is 9.20 Å². The van der Waals surface area contributed by atoms with E-state index in [1.807, 2.05) is 48.7 Å². The van der Waals surface area contributed by atoms with Crippen LogP contribution in [0.5, 0.6) is 5.75 Å². The van der Waals surface area contributed by atoms with Gasteiger partial charge in [0.15, 0.2) is 11.4 Å². The first-order valence-corrected chi connectivity index (χ1v) is 8.68. The lowest BCUT2D eigenvalue weighted by molar-refractivity contribution is 0.0930. The molecular weight excluding hydrogens is 314 g/mol. The zero-order chi connectivity index (χ0) is 17.4. The zero-order valence-electron chi connectivity index (χ0n) is 14.5. The maximum atomic E-state index is 13.0. The summed E-state index contributed by atoms with van der Waals surface area (Å²) >= 11 is 0. The highest BCUT2D eigenvalue weighted by Crippen LogP contribution is 2.31. The molecule has 25 heavy (non-hydrogen) atoms. The third-order valence-electron chi connectivity index (χ3n) is 4.74. The smallest absolute Gasteiger partial charge is 0.270 e. The van der Waals surface area contributed by atoms with E-state index in [0.717, 1.165) is 12.8 Å². The Hall–Kier alpha value is -2.82. The molecule has 1 aliphatic rings. The molecule has 128 valence electrons. The Balaban J connectivity index is 1.67. The van der Waals surface area contributed by atoms with Crippen molar-refractivity contribution >= 4 is 11.6 Å². The van der Waals surface area contributed by atoms with Crippen molar-refractivity contribution in [2.45, 2.75) is 32.7 Å². The number of carbonyl (C=O) groups is 1. The van der Waals surface area contributed by atoms with Gasteiger partial charge in [-0.1, -0.05) is 24.3 Å². The molecule has 1 atom stereocenters. The lowest BCUT2D eigenvalue weighted by Crippen LogP contribution is -2.28. The van der Waals surface area contributed by atoms with Crippen molar-refractivity contribution in [3.05, 3.63) is 65.1 Å². The summed E-state index contributed by atoms with van der Waals surface area (Å²) in [5.41, 5.74) is 4.49. The Morgan fingerprint density at radius 2 is 2.16 bits per heavy atom. The van der Waals surface area contributed by atoms with Crippen molar-refractivity contribution in [3.8, 4) is 5.75 Å². The van der Waals surface area contributed by atoms with Crippen molar-refractivity contribution < 1.29 is 9.53 Å². The number of aryl methyl sites for hydroxylation is 2. The maximum Gasteiger partial charge on any atom is 0.270 e. The molecule has 0 spiro atoms. The number of imidazole rings is 1. The van der Waals surface area contributed by atoms with Gasteiger partial charge in [0, 0.05) is 6.20 Å². The van der Waals surface area contributed by atoms with E-state index in [2.05, 4.69) is 22.4 Å². The van der Waals surface area contributed by atoms with Crippen LogP contribution in [0.3, 0.4) is 0 Å². The monoisotopic (exact) mass is 335 g/mol. The van der Waals surface area contributed by atoms with Gasteiger partial charge in [0.2, 0.25) is 0 Å². The molecule has 0 saturated heterocycles. The summed E-state index contributed by atoms with van der Waals surface area (Å²) in [5.74, 6) is 0.596. The van der Waals surface area contributed by atoms with Crippen LogP contribution in [0.4, 0.5) is 0 Å². The molecular formula is C20H21N3O2. The summed E-state index contributed by atoms with van der Waals surface area (Å²) in [4.78, 5) is 17.5. The van der Waals surface area contributed by atoms with Crippen molar-refractivity contribution in [1.29, 1.82) is 0 Å². The van der Waals surface area contributed by atoms with Gasteiger partial charge in [-0.05, 0) is 49.9 Å². The first-order chi connectivity index (χ1) is 12.2. The molecule has 4 rings (SSSR count). The highest BCUT2D eigenvalue weighted by atomic mass is 16.5. The molecule has 2 heterocycles. The molecule has 5 heteroatoms. The maximum absolute atomic E-state index is 13.0. The van der Waals surface area contributed by atoms with E-state index in [0.29, 0.717) is 29.4 Å². The van der Waals surface area contributed by atoms with E-state index in [9.17, 15) is 4.79 Å². The summed E-state index contributed by atoms with van der Waals surface area (Å²) in [6, 6.07) is 12.1. The lowest BCUT2D eigenvalue weighted by atomic mass is 10.1. The topological polar surface area (TPSA) is 55.6 Å². The fraction of sp³-hybridized carbons (Fsp3) is 0.300. The van der Waals surface area contributed by atoms with Crippen LogP contribution in [-0.4, -0.2) is 21.9 Å². The normalized spacial score (nSPS) is 16.0. The molecule has 1 aliphatic carbocycles. The van der Waals surface area contributed by atoms with Crippen molar-refractivity contribution in [2.24, 2.45) is 0 Å². The van der Waals surface area contributed by atoms with Gasteiger partial charge in [0.05, 0.1) is 18.3 Å². The number of nitrogens with one attached hydrogen (secondary N) is 1. The first kappa shape index (κ1) is 15.7. The molecule has 0 fully saturated rings. The van der Waals surface area contributed by atoms with E-state index >= 15 is 0 Å². The van der Waals surface area contributed by atoms with Gasteiger partial charge in [0.25, 0.3) is 5.91 Å². The van der Waals surface area contributed by atoms with Gasteiger partial charge in [-0.2, -0.15) is 0 Å². The minimum Gasteiger partial charge on any atom is -0.490 e. The summed E-state index contributed by atoms with van der Waals surface area (Å²) < 4.78 is 7.45. The predicted molar refractivity (Wildman–Crippen MR) is 96.1 cm³/mol. The van der Waals surface area contributed by atoms with Crippen LogP contribution in [0, 0.1) is 6.92 Å². The fourth-order valence-electron chi connectivity index (χ4n) is 3.63. The van der Waals surface area contributed by atoms with Crippen LogP contribution in [0.1, 0.15) is 46.7 Å². The van der Waals surface area contributed by atoms with E-state index in [4.69, 9.17) is 4.74 Å². The Morgan fingerprint density at radius 1 is 1.32 bits per heavy atom. The quantitative estimate of drug-likeness (QED) is 0.794. The number of benzene rings is 1. The van der Waals surface area contributed by atoms with Gasteiger partial charge >= 0.3 is 0 Å². The highest BCUT2D eigenvalue weighted by molar-refractivity contribution is 5.95. The third-order valence-corrected chi connectivity index (χ3v) is 4.74. The van der Waals surface area contributed by atoms with Crippen LogP contribution in [0.25, 0.3) is 5.65 Å². The van der Waals surface area contributed by atoms with E-state index < -0.39 is 0 Å². The van der Waals surface area contributed by atoms with Crippen molar-refractivity contribution in [3.63, 3.8) is 0 Å². The summed E-state index contributed by atoms with van der Waals surface area (Å²) in [6.45, 7) is 4.36. The molecule has 0 saturated carbocycles. The van der Waals surface area contributed by atoms with E-state index in [-0.39, 0.29) is 11.9 Å². The van der Waals surface area contributed by atoms with Crippen LogP contribution < -0.4 is 10.1 Å². The SMILES string of the molecule is CCOc1cccn2c(C(=O)N[C@H]3CCc4ccccc43)c(C)nc12. The van der Waals surface area contributed by atoms with Gasteiger partial charge in [0.1, 0.15) is 5.69 Å². The standard InChI is InChI=1S/C20H21N3O2/c1-3-25-17-9-6-12-23-18(13(2)21-19(17)23)20(24)22-16-11-10-14-7-4-5-8-15(14)16/h4-9,12,16H,3,10-11H2,1-2H3,(H,22,24)/t16-/m0/s1. The number of aromatic nitrogens is 2. The molecule has 2 aromatic heterocycles. The summed E-state index contributed by atoms with van der Waals surface area (Å²) in [7, 11) is 0.